The fourth-order valence-corrected chi connectivity index (χ4v) is 3.09. The molecule has 33 heavy (non-hydrogen) atoms. The minimum absolute atomic E-state index is 0.152. The van der Waals surface area contributed by atoms with Crippen LogP contribution >= 0.6 is 0 Å². The first kappa shape index (κ1) is 24.1. The van der Waals surface area contributed by atoms with E-state index >= 15 is 0 Å². The van der Waals surface area contributed by atoms with Gasteiger partial charge in [-0.2, -0.15) is 0 Å². The summed E-state index contributed by atoms with van der Waals surface area (Å²) in [4.78, 5) is 17.2. The Labute approximate surface area is 189 Å². The summed E-state index contributed by atoms with van der Waals surface area (Å²) in [5, 5.41) is 2.78. The van der Waals surface area contributed by atoms with E-state index in [1.165, 1.54) is 18.2 Å². The summed E-state index contributed by atoms with van der Waals surface area (Å²) in [6, 6.07) is 15.1. The highest BCUT2D eigenvalue weighted by atomic mass is 19.4. The number of hydrogen-bond acceptors (Lipinski definition) is 5. The van der Waals surface area contributed by atoms with Crippen LogP contribution in [0.15, 0.2) is 60.7 Å². The molecule has 1 unspecified atom stereocenters. The molecule has 1 N–H and O–H groups in total. The molecule has 0 bridgehead atoms. The van der Waals surface area contributed by atoms with E-state index in [0.717, 1.165) is 11.8 Å². The zero-order valence-electron chi connectivity index (χ0n) is 18.3. The van der Waals surface area contributed by atoms with Gasteiger partial charge in [0.05, 0.1) is 23.1 Å². The van der Waals surface area contributed by atoms with Crippen LogP contribution in [-0.2, 0) is 4.74 Å². The lowest BCUT2D eigenvalue weighted by molar-refractivity contribution is -0.274. The Kier molecular flexibility index (Phi) is 7.55. The molecule has 2 aromatic carbocycles. The molecule has 0 spiro atoms. The largest absolute Gasteiger partial charge is 0.573 e. The molecule has 3 rings (SSSR count). The van der Waals surface area contributed by atoms with E-state index in [2.05, 4.69) is 15.0 Å². The van der Waals surface area contributed by atoms with E-state index in [0.29, 0.717) is 29.3 Å². The van der Waals surface area contributed by atoms with E-state index in [9.17, 15) is 18.0 Å². The van der Waals surface area contributed by atoms with Gasteiger partial charge >= 0.3 is 6.36 Å². The molecule has 174 valence electrons. The molecule has 0 aliphatic heterocycles. The van der Waals surface area contributed by atoms with Gasteiger partial charge in [0.25, 0.3) is 5.91 Å². The summed E-state index contributed by atoms with van der Waals surface area (Å²) in [6.07, 6.45) is -4.98. The Balaban J connectivity index is 1.70. The summed E-state index contributed by atoms with van der Waals surface area (Å²) in [5.41, 5.74) is 2.15. The first-order valence-corrected chi connectivity index (χ1v) is 10.2. The van der Waals surface area contributed by atoms with Crippen molar-refractivity contribution in [3.63, 3.8) is 0 Å². The van der Waals surface area contributed by atoms with Crippen molar-refractivity contribution in [2.24, 2.45) is 0 Å². The lowest BCUT2D eigenvalue weighted by Gasteiger charge is -2.14. The summed E-state index contributed by atoms with van der Waals surface area (Å²) in [6.45, 7) is 6.09. The third kappa shape index (κ3) is 6.95. The predicted octanol–water partition coefficient (Wildman–Crippen LogP) is 6.43. The van der Waals surface area contributed by atoms with Gasteiger partial charge in [0, 0.05) is 24.4 Å². The molecule has 1 amide bonds. The molecule has 6 nitrogen and oxygen atoms in total. The maximum absolute atomic E-state index is 12.7. The predicted molar refractivity (Wildman–Crippen MR) is 117 cm³/mol. The third-order valence-electron chi connectivity index (χ3n) is 4.55. The first-order valence-electron chi connectivity index (χ1n) is 10.2. The van der Waals surface area contributed by atoms with Crippen LogP contribution in [0.5, 0.6) is 17.2 Å². The molecule has 0 saturated heterocycles. The molecule has 0 aliphatic carbocycles. The highest BCUT2D eigenvalue weighted by Crippen LogP contribution is 2.30. The van der Waals surface area contributed by atoms with E-state index in [1.54, 1.807) is 43.3 Å². The van der Waals surface area contributed by atoms with E-state index < -0.39 is 12.1 Å². The van der Waals surface area contributed by atoms with Crippen molar-refractivity contribution in [3.8, 4) is 17.2 Å². The number of alkyl halides is 3. The number of nitrogens with one attached hydrogen (secondary N) is 1. The average molecular weight is 460 g/mol. The zero-order valence-corrected chi connectivity index (χ0v) is 18.3. The second-order valence-corrected chi connectivity index (χ2v) is 7.07. The topological polar surface area (TPSA) is 69.7 Å². The normalized spacial score (nSPS) is 12.2. The SMILES string of the molecule is CCOC(C)c1ccc(C(=O)Nc2cccc(Oc3cccc(OC(F)(F)F)c3)c2)c(C)n1. The summed E-state index contributed by atoms with van der Waals surface area (Å²) in [7, 11) is 0. The molecule has 0 fully saturated rings. The van der Waals surface area contributed by atoms with Crippen LogP contribution in [0.3, 0.4) is 0 Å². The molecule has 1 heterocycles. The monoisotopic (exact) mass is 460 g/mol. The van der Waals surface area contributed by atoms with Gasteiger partial charge in [-0.05, 0) is 57.2 Å². The molecule has 1 aromatic heterocycles. The molecule has 1 atom stereocenters. The number of ether oxygens (including phenoxy) is 3. The average Bonchev–Trinajstić information content (AvgIpc) is 2.73. The highest BCUT2D eigenvalue weighted by molar-refractivity contribution is 6.05. The Morgan fingerprint density at radius 1 is 1.03 bits per heavy atom. The number of amides is 1. The van der Waals surface area contributed by atoms with Gasteiger partial charge in [-0.3, -0.25) is 9.78 Å². The van der Waals surface area contributed by atoms with Gasteiger partial charge in [-0.25, -0.2) is 0 Å². The minimum Gasteiger partial charge on any atom is -0.457 e. The maximum atomic E-state index is 12.7. The van der Waals surface area contributed by atoms with Gasteiger partial charge in [-0.1, -0.05) is 12.1 Å². The summed E-state index contributed by atoms with van der Waals surface area (Å²) < 4.78 is 52.3. The van der Waals surface area contributed by atoms with E-state index in [4.69, 9.17) is 9.47 Å². The van der Waals surface area contributed by atoms with Crippen LogP contribution in [-0.4, -0.2) is 23.9 Å². The Hall–Kier alpha value is -3.59. The van der Waals surface area contributed by atoms with Gasteiger partial charge < -0.3 is 19.5 Å². The first-order chi connectivity index (χ1) is 15.6. The minimum atomic E-state index is -4.80. The Bertz CT molecular complexity index is 1120. The zero-order chi connectivity index (χ0) is 24.0. The van der Waals surface area contributed by atoms with E-state index in [1.807, 2.05) is 13.8 Å². The number of carbonyl (C=O) groups excluding carboxylic acids is 1. The van der Waals surface area contributed by atoms with Crippen LogP contribution in [0.2, 0.25) is 0 Å². The number of benzene rings is 2. The molecular weight excluding hydrogens is 437 g/mol. The fraction of sp³-hybridized carbons (Fsp3) is 0.250. The molecule has 0 aliphatic rings. The standard InChI is InChI=1S/C24H23F3N2O4/c1-4-31-16(3)22-12-11-21(15(2)28-22)23(30)29-17-7-5-8-18(13-17)32-19-9-6-10-20(14-19)33-24(25,26)27/h5-14,16H,4H2,1-3H3,(H,29,30). The van der Waals surface area contributed by atoms with Gasteiger partial charge in [0.1, 0.15) is 17.2 Å². The quantitative estimate of drug-likeness (QED) is 0.419. The van der Waals surface area contributed by atoms with Crippen molar-refractivity contribution in [1.29, 1.82) is 0 Å². The number of rotatable bonds is 8. The van der Waals surface area contributed by atoms with Crippen molar-refractivity contribution in [2.45, 2.75) is 33.2 Å². The smallest absolute Gasteiger partial charge is 0.457 e. The van der Waals surface area contributed by atoms with Crippen molar-refractivity contribution in [1.82, 2.24) is 4.98 Å². The Morgan fingerprint density at radius 2 is 1.70 bits per heavy atom. The second kappa shape index (κ2) is 10.4. The number of aryl methyl sites for hydroxylation is 1. The molecule has 0 radical (unpaired) electrons. The second-order valence-electron chi connectivity index (χ2n) is 7.07. The number of halogens is 3. The fourth-order valence-electron chi connectivity index (χ4n) is 3.09. The van der Waals surface area contributed by atoms with Crippen LogP contribution in [0.1, 0.15) is 41.7 Å². The van der Waals surface area contributed by atoms with Gasteiger partial charge in [0.15, 0.2) is 0 Å². The number of pyridine rings is 1. The number of carbonyl (C=O) groups is 1. The van der Waals surface area contributed by atoms with Crippen molar-refractivity contribution >= 4 is 11.6 Å². The van der Waals surface area contributed by atoms with Crippen LogP contribution < -0.4 is 14.8 Å². The number of hydrogen-bond donors (Lipinski definition) is 1. The summed E-state index contributed by atoms with van der Waals surface area (Å²) >= 11 is 0. The number of nitrogens with zero attached hydrogens (tertiary/aromatic N) is 1. The summed E-state index contributed by atoms with van der Waals surface area (Å²) in [5.74, 6) is -0.269. The van der Waals surface area contributed by atoms with Crippen molar-refractivity contribution in [3.05, 3.63) is 77.6 Å². The van der Waals surface area contributed by atoms with Gasteiger partial charge in [-0.15, -0.1) is 13.2 Å². The van der Waals surface area contributed by atoms with Crippen LogP contribution in [0.4, 0.5) is 18.9 Å². The van der Waals surface area contributed by atoms with Crippen molar-refractivity contribution in [2.75, 3.05) is 11.9 Å². The van der Waals surface area contributed by atoms with Gasteiger partial charge in [0.2, 0.25) is 0 Å². The Morgan fingerprint density at radius 3 is 2.36 bits per heavy atom. The number of anilines is 1. The third-order valence-corrected chi connectivity index (χ3v) is 4.55. The lowest BCUT2D eigenvalue weighted by Crippen LogP contribution is -2.17. The molecule has 3 aromatic rings. The molecule has 0 saturated carbocycles. The molecular formula is C24H23F3N2O4. The lowest BCUT2D eigenvalue weighted by atomic mass is 10.1. The molecule has 9 heteroatoms. The number of aromatic nitrogens is 1. The maximum Gasteiger partial charge on any atom is 0.573 e. The van der Waals surface area contributed by atoms with Crippen LogP contribution in [0, 0.1) is 6.92 Å². The van der Waals surface area contributed by atoms with Crippen LogP contribution in [0.25, 0.3) is 0 Å². The van der Waals surface area contributed by atoms with Crippen molar-refractivity contribution < 1.29 is 32.2 Å². The highest BCUT2D eigenvalue weighted by Gasteiger charge is 2.31. The van der Waals surface area contributed by atoms with E-state index in [-0.39, 0.29) is 17.8 Å².